The van der Waals surface area contributed by atoms with Crippen molar-refractivity contribution in [3.8, 4) is 0 Å². The van der Waals surface area contributed by atoms with Gasteiger partial charge in [0.1, 0.15) is 6.10 Å². The summed E-state index contributed by atoms with van der Waals surface area (Å²) in [6.07, 6.45) is 55.2. The smallest absolute Gasteiger partial charge is 0.407 e. The van der Waals surface area contributed by atoms with Gasteiger partial charge in [-0.2, -0.15) is 0 Å². The Kier molecular flexibility index (Phi) is 41.6. The number of ether oxygens (including phenoxy) is 3. The fraction of sp³-hybridized carbons (Fsp3) is 0.983. The molecule has 1 unspecified atom stereocenters. The average molecular weight is 921 g/mol. The lowest BCUT2D eigenvalue weighted by Gasteiger charge is -2.41. The van der Waals surface area contributed by atoms with Crippen molar-refractivity contribution in [1.29, 1.82) is 0 Å². The Bertz CT molecular complexity index is 985. The van der Waals surface area contributed by atoms with Gasteiger partial charge in [-0.15, -0.1) is 0 Å². The maximum atomic E-state index is 13.7. The molecule has 0 saturated heterocycles. The van der Waals surface area contributed by atoms with E-state index in [1.165, 1.54) is 218 Å². The van der Waals surface area contributed by atoms with Crippen LogP contribution in [-0.4, -0.2) is 42.7 Å². The van der Waals surface area contributed by atoms with Gasteiger partial charge in [0.15, 0.2) is 0 Å². The molecule has 0 heterocycles. The van der Waals surface area contributed by atoms with Crippen molar-refractivity contribution in [3.05, 3.63) is 0 Å². The summed E-state index contributed by atoms with van der Waals surface area (Å²) in [5.41, 5.74) is -0.837. The number of hydrogen-bond acceptors (Lipinski definition) is 4. The van der Waals surface area contributed by atoms with E-state index < -0.39 is 0 Å². The van der Waals surface area contributed by atoms with Crippen LogP contribution in [0.1, 0.15) is 339 Å². The van der Waals surface area contributed by atoms with E-state index >= 15 is 0 Å². The van der Waals surface area contributed by atoms with Crippen molar-refractivity contribution in [2.45, 2.75) is 362 Å². The molecule has 0 aliphatic heterocycles. The average Bonchev–Trinajstić information content (AvgIpc) is 3.24. The summed E-state index contributed by atoms with van der Waals surface area (Å²) in [4.78, 5) is 13.7. The van der Waals surface area contributed by atoms with Crippen LogP contribution in [0.15, 0.2) is 0 Å². The number of amides is 1. The highest BCUT2D eigenvalue weighted by molar-refractivity contribution is 5.68. The van der Waals surface area contributed by atoms with E-state index in [2.05, 4.69) is 74.6 Å². The van der Waals surface area contributed by atoms with Crippen LogP contribution in [-0.2, 0) is 14.2 Å². The number of methoxy groups -OCH3 is 1. The van der Waals surface area contributed by atoms with E-state index in [9.17, 15) is 4.79 Å². The minimum absolute atomic E-state index is 0.00918. The first kappa shape index (κ1) is 64.2. The summed E-state index contributed by atoms with van der Waals surface area (Å²) >= 11 is 0. The zero-order chi connectivity index (χ0) is 48.4. The summed E-state index contributed by atoms with van der Waals surface area (Å²) < 4.78 is 18.4. The molecule has 0 saturated carbocycles. The predicted octanol–water partition coefficient (Wildman–Crippen LogP) is 20.5. The minimum atomic E-state index is -0.347. The van der Waals surface area contributed by atoms with E-state index in [-0.39, 0.29) is 34.4 Å². The molecule has 390 valence electrons. The Labute approximate surface area is 409 Å². The summed E-state index contributed by atoms with van der Waals surface area (Å²) in [5, 5.41) is 3.39. The van der Waals surface area contributed by atoms with Crippen molar-refractivity contribution in [2.24, 2.45) is 5.41 Å². The van der Waals surface area contributed by atoms with Crippen LogP contribution < -0.4 is 5.32 Å². The molecule has 0 rings (SSSR count). The predicted molar refractivity (Wildman–Crippen MR) is 288 cm³/mol. The van der Waals surface area contributed by atoms with Gasteiger partial charge in [-0.05, 0) is 91.4 Å². The van der Waals surface area contributed by atoms with Crippen molar-refractivity contribution < 1.29 is 19.0 Å². The lowest BCUT2D eigenvalue weighted by molar-refractivity contribution is -0.0768. The topological polar surface area (TPSA) is 56.8 Å². The zero-order valence-corrected chi connectivity index (χ0v) is 46.6. The van der Waals surface area contributed by atoms with Crippen LogP contribution >= 0.6 is 0 Å². The Morgan fingerprint density at radius 1 is 0.431 bits per heavy atom. The van der Waals surface area contributed by atoms with Crippen LogP contribution in [0, 0.1) is 5.41 Å². The van der Waals surface area contributed by atoms with Crippen molar-refractivity contribution in [3.63, 3.8) is 0 Å². The Morgan fingerprint density at radius 3 is 1.03 bits per heavy atom. The molecule has 0 spiro atoms. The van der Waals surface area contributed by atoms with E-state index in [1.807, 2.05) is 0 Å². The van der Waals surface area contributed by atoms with E-state index in [1.54, 1.807) is 7.11 Å². The Morgan fingerprint density at radius 2 is 0.738 bits per heavy atom. The standard InChI is InChI=1S/C60H121NO4/c1-12-15-17-19-21-23-25-27-29-31-33-35-37-39-41-43-45-47-49-55(50-48-46-44-42-40-38-36-34-32-30-28-26-24-22-20-18-16-13-2)65-56(62)61-60(10,14-3)54-57(4,5)53-59(8,9)64-52-51-58(6,7)63-11/h55H,12-54H2,1-11H3,(H,61,62). The summed E-state index contributed by atoms with van der Waals surface area (Å²) in [5.74, 6) is 0. The normalized spacial score (nSPS) is 13.5. The molecular weight excluding hydrogens is 799 g/mol. The highest BCUT2D eigenvalue weighted by Crippen LogP contribution is 2.38. The van der Waals surface area contributed by atoms with Gasteiger partial charge in [0, 0.05) is 12.6 Å². The lowest BCUT2D eigenvalue weighted by Crippen LogP contribution is -2.50. The summed E-state index contributed by atoms with van der Waals surface area (Å²) in [6.45, 7) is 22.9. The van der Waals surface area contributed by atoms with Crippen LogP contribution in [0.3, 0.4) is 0 Å². The third-order valence-electron chi connectivity index (χ3n) is 14.7. The largest absolute Gasteiger partial charge is 0.446 e. The third kappa shape index (κ3) is 43.0. The van der Waals surface area contributed by atoms with Gasteiger partial charge in [0.05, 0.1) is 17.8 Å². The Hall–Kier alpha value is -0.810. The highest BCUT2D eigenvalue weighted by atomic mass is 16.6. The van der Waals surface area contributed by atoms with Gasteiger partial charge in [0.2, 0.25) is 0 Å². The second-order valence-electron chi connectivity index (χ2n) is 23.5. The van der Waals surface area contributed by atoms with Crippen molar-refractivity contribution in [2.75, 3.05) is 13.7 Å². The first-order chi connectivity index (χ1) is 31.1. The quantitative estimate of drug-likeness (QED) is 0.0618. The number of unbranched alkanes of at least 4 members (excludes halogenated alkanes) is 34. The van der Waals surface area contributed by atoms with Crippen LogP contribution in [0.2, 0.25) is 0 Å². The molecule has 5 nitrogen and oxygen atoms in total. The van der Waals surface area contributed by atoms with Crippen molar-refractivity contribution >= 4 is 6.09 Å². The fourth-order valence-corrected chi connectivity index (χ4v) is 10.5. The van der Waals surface area contributed by atoms with Gasteiger partial charge in [-0.1, -0.05) is 253 Å². The second-order valence-corrected chi connectivity index (χ2v) is 23.5. The van der Waals surface area contributed by atoms with Crippen LogP contribution in [0.25, 0.3) is 0 Å². The summed E-state index contributed by atoms with van der Waals surface area (Å²) in [6, 6.07) is 0. The van der Waals surface area contributed by atoms with Crippen LogP contribution in [0.4, 0.5) is 4.79 Å². The monoisotopic (exact) mass is 920 g/mol. The lowest BCUT2D eigenvalue weighted by atomic mass is 9.72. The van der Waals surface area contributed by atoms with Crippen molar-refractivity contribution in [1.82, 2.24) is 5.32 Å². The van der Waals surface area contributed by atoms with Gasteiger partial charge >= 0.3 is 6.09 Å². The van der Waals surface area contributed by atoms with Gasteiger partial charge in [0.25, 0.3) is 0 Å². The molecule has 1 atom stereocenters. The SMILES string of the molecule is CCCCCCCCCCCCCCCCCCCCC(CCCCCCCCCCCCCCCCCCCC)OC(=O)NC(C)(CC)CC(C)(C)CC(C)(C)OCCC(C)(C)OC. The third-order valence-corrected chi connectivity index (χ3v) is 14.7. The van der Waals surface area contributed by atoms with Gasteiger partial charge in [-0.25, -0.2) is 4.79 Å². The molecule has 0 fully saturated rings. The molecular formula is C60H121NO4. The number of nitrogens with one attached hydrogen (secondary N) is 1. The molecule has 0 aromatic carbocycles. The fourth-order valence-electron chi connectivity index (χ4n) is 10.5. The number of carbonyl (C=O) groups excluding carboxylic acids is 1. The summed E-state index contributed by atoms with van der Waals surface area (Å²) in [7, 11) is 1.77. The van der Waals surface area contributed by atoms with Gasteiger partial charge in [-0.3, -0.25) is 0 Å². The molecule has 5 heteroatoms. The highest BCUT2D eigenvalue weighted by Gasteiger charge is 2.37. The minimum Gasteiger partial charge on any atom is -0.446 e. The molecule has 0 radical (unpaired) electrons. The van der Waals surface area contributed by atoms with Crippen LogP contribution in [0.5, 0.6) is 0 Å². The number of hydrogen-bond donors (Lipinski definition) is 1. The number of carbonyl (C=O) groups is 1. The molecule has 0 aromatic rings. The molecule has 0 aromatic heterocycles. The van der Waals surface area contributed by atoms with E-state index in [0.29, 0.717) is 6.61 Å². The first-order valence-corrected chi connectivity index (χ1v) is 29.3. The van der Waals surface area contributed by atoms with E-state index in [4.69, 9.17) is 14.2 Å². The number of alkyl carbamates (subject to hydrolysis) is 1. The molecule has 0 aliphatic rings. The molecule has 65 heavy (non-hydrogen) atoms. The molecule has 0 aliphatic carbocycles. The molecule has 1 N–H and O–H groups in total. The molecule has 0 bridgehead atoms. The Balaban J connectivity index is 4.73. The maximum absolute atomic E-state index is 13.7. The second kappa shape index (κ2) is 42.1. The zero-order valence-electron chi connectivity index (χ0n) is 46.6. The maximum Gasteiger partial charge on any atom is 0.407 e. The first-order valence-electron chi connectivity index (χ1n) is 29.3. The molecule has 1 amide bonds. The number of rotatable bonds is 50. The van der Waals surface area contributed by atoms with E-state index in [0.717, 1.165) is 51.4 Å². The van der Waals surface area contributed by atoms with Gasteiger partial charge < -0.3 is 19.5 Å².